The van der Waals surface area contributed by atoms with Crippen LogP contribution in [0.2, 0.25) is 0 Å². The smallest absolute Gasteiger partial charge is 0.259 e. The van der Waals surface area contributed by atoms with Gasteiger partial charge in [0.05, 0.1) is 12.8 Å². The van der Waals surface area contributed by atoms with Crippen molar-refractivity contribution in [1.82, 2.24) is 10.7 Å². The highest BCUT2D eigenvalue weighted by Crippen LogP contribution is 2.13. The van der Waals surface area contributed by atoms with Crippen molar-refractivity contribution < 1.29 is 9.59 Å². The number of rotatable bonds is 6. The van der Waals surface area contributed by atoms with Gasteiger partial charge < -0.3 is 5.32 Å². The summed E-state index contributed by atoms with van der Waals surface area (Å²) in [5, 5.41) is 6.40. The summed E-state index contributed by atoms with van der Waals surface area (Å²) in [6, 6.07) is 16.5. The molecule has 0 bridgehead atoms. The van der Waals surface area contributed by atoms with E-state index in [9.17, 15) is 9.59 Å². The van der Waals surface area contributed by atoms with Gasteiger partial charge in [-0.3, -0.25) is 9.59 Å². The lowest BCUT2D eigenvalue weighted by Gasteiger charge is -2.04. The Hall–Kier alpha value is -2.60. The molecule has 0 aliphatic heterocycles. The third-order valence-electron chi connectivity index (χ3n) is 2.96. The quantitative estimate of drug-likeness (QED) is 0.486. The van der Waals surface area contributed by atoms with Crippen LogP contribution in [0.3, 0.4) is 0 Å². The summed E-state index contributed by atoms with van der Waals surface area (Å²) in [7, 11) is 0. The molecule has 2 aromatic carbocycles. The Bertz CT molecular complexity index is 685. The van der Waals surface area contributed by atoms with Gasteiger partial charge in [0, 0.05) is 10.5 Å². The van der Waals surface area contributed by atoms with Crippen LogP contribution in [0.4, 0.5) is 0 Å². The molecule has 2 aromatic rings. The Labute approximate surface area is 139 Å². The predicted molar refractivity (Wildman–Crippen MR) is 92.7 cm³/mol. The maximum absolute atomic E-state index is 11.8. The first-order valence-corrected chi connectivity index (χ1v) is 8.21. The van der Waals surface area contributed by atoms with E-state index < -0.39 is 0 Å². The minimum atomic E-state index is -0.383. The van der Waals surface area contributed by atoms with Crippen LogP contribution >= 0.6 is 11.8 Å². The molecule has 2 rings (SSSR count). The Morgan fingerprint density at radius 2 is 1.78 bits per heavy atom. The van der Waals surface area contributed by atoms with E-state index in [4.69, 9.17) is 0 Å². The summed E-state index contributed by atoms with van der Waals surface area (Å²) in [4.78, 5) is 24.6. The molecule has 0 aliphatic carbocycles. The van der Waals surface area contributed by atoms with Crippen LogP contribution in [0.15, 0.2) is 64.6 Å². The number of carbonyl (C=O) groups is 2. The van der Waals surface area contributed by atoms with Crippen LogP contribution in [0.1, 0.15) is 15.9 Å². The first-order valence-electron chi connectivity index (χ1n) is 6.98. The van der Waals surface area contributed by atoms with E-state index in [1.165, 1.54) is 0 Å². The number of hydrazone groups is 1. The molecule has 118 valence electrons. The van der Waals surface area contributed by atoms with E-state index in [1.807, 2.05) is 36.6 Å². The first kappa shape index (κ1) is 16.8. The van der Waals surface area contributed by atoms with Gasteiger partial charge in [0.25, 0.3) is 11.8 Å². The Kier molecular flexibility index (Phi) is 6.38. The fourth-order valence-corrected chi connectivity index (χ4v) is 2.17. The van der Waals surface area contributed by atoms with Crippen LogP contribution < -0.4 is 10.7 Å². The average molecular weight is 327 g/mol. The lowest BCUT2D eigenvalue weighted by atomic mass is 10.2. The van der Waals surface area contributed by atoms with Gasteiger partial charge in [-0.15, -0.1) is 11.8 Å². The van der Waals surface area contributed by atoms with Crippen molar-refractivity contribution in [3.05, 3.63) is 65.7 Å². The van der Waals surface area contributed by atoms with Gasteiger partial charge in [-0.1, -0.05) is 30.3 Å². The number of carbonyl (C=O) groups excluding carboxylic acids is 2. The van der Waals surface area contributed by atoms with Crippen LogP contribution in [0.25, 0.3) is 0 Å². The van der Waals surface area contributed by atoms with Crippen LogP contribution in [-0.2, 0) is 4.79 Å². The van der Waals surface area contributed by atoms with E-state index in [0.29, 0.717) is 5.56 Å². The average Bonchev–Trinajstić information content (AvgIpc) is 2.61. The molecule has 0 atom stereocenters. The fourth-order valence-electron chi connectivity index (χ4n) is 1.76. The highest BCUT2D eigenvalue weighted by Gasteiger charge is 2.06. The SMILES string of the molecule is CSc1ccc(/C=N\NC(=O)CNC(=O)c2ccccc2)cc1. The molecule has 0 radical (unpaired) electrons. The summed E-state index contributed by atoms with van der Waals surface area (Å²) in [5.41, 5.74) is 3.77. The number of hydrogen-bond acceptors (Lipinski definition) is 4. The van der Waals surface area contributed by atoms with Gasteiger partial charge in [0.2, 0.25) is 0 Å². The number of benzene rings is 2. The topological polar surface area (TPSA) is 70.6 Å². The minimum absolute atomic E-state index is 0.128. The maximum Gasteiger partial charge on any atom is 0.259 e. The molecule has 0 fully saturated rings. The fraction of sp³-hybridized carbons (Fsp3) is 0.118. The second kappa shape index (κ2) is 8.75. The van der Waals surface area contributed by atoms with E-state index in [1.54, 1.807) is 42.2 Å². The largest absolute Gasteiger partial charge is 0.343 e. The van der Waals surface area contributed by atoms with Crippen molar-refractivity contribution in [3.63, 3.8) is 0 Å². The first-order chi connectivity index (χ1) is 11.2. The van der Waals surface area contributed by atoms with Gasteiger partial charge in [-0.05, 0) is 36.1 Å². The molecule has 0 spiro atoms. The molecule has 2 amide bonds. The lowest BCUT2D eigenvalue weighted by molar-refractivity contribution is -0.120. The van der Waals surface area contributed by atoms with Gasteiger partial charge >= 0.3 is 0 Å². The molecule has 0 unspecified atom stereocenters. The van der Waals surface area contributed by atoms with Crippen molar-refractivity contribution >= 4 is 29.8 Å². The number of nitrogens with one attached hydrogen (secondary N) is 2. The minimum Gasteiger partial charge on any atom is -0.343 e. The number of thioether (sulfide) groups is 1. The summed E-state index contributed by atoms with van der Waals surface area (Å²) in [6.45, 7) is -0.128. The monoisotopic (exact) mass is 327 g/mol. The predicted octanol–water partition coefficient (Wildman–Crippen LogP) is 2.29. The number of nitrogens with zero attached hydrogens (tertiary/aromatic N) is 1. The maximum atomic E-state index is 11.8. The molecule has 0 saturated carbocycles. The third kappa shape index (κ3) is 5.60. The molecule has 0 aromatic heterocycles. The second-order valence-electron chi connectivity index (χ2n) is 4.62. The summed E-state index contributed by atoms with van der Waals surface area (Å²) in [6.07, 6.45) is 3.56. The Morgan fingerprint density at radius 3 is 2.43 bits per heavy atom. The zero-order valence-electron chi connectivity index (χ0n) is 12.7. The molecule has 2 N–H and O–H groups in total. The van der Waals surface area contributed by atoms with Crippen LogP contribution in [-0.4, -0.2) is 30.8 Å². The van der Waals surface area contributed by atoms with Gasteiger partial charge in [0.15, 0.2) is 0 Å². The molecule has 0 aliphatic rings. The highest BCUT2D eigenvalue weighted by molar-refractivity contribution is 7.98. The second-order valence-corrected chi connectivity index (χ2v) is 5.49. The molecule has 6 heteroatoms. The van der Waals surface area contributed by atoms with Crippen LogP contribution in [0, 0.1) is 0 Å². The summed E-state index contributed by atoms with van der Waals surface area (Å²) in [5.74, 6) is -0.677. The van der Waals surface area contributed by atoms with Crippen molar-refractivity contribution in [2.24, 2.45) is 5.10 Å². The van der Waals surface area contributed by atoms with Crippen molar-refractivity contribution in [2.75, 3.05) is 12.8 Å². The van der Waals surface area contributed by atoms with Crippen LogP contribution in [0.5, 0.6) is 0 Å². The zero-order valence-corrected chi connectivity index (χ0v) is 13.5. The van der Waals surface area contributed by atoms with Crippen molar-refractivity contribution in [1.29, 1.82) is 0 Å². The van der Waals surface area contributed by atoms with Gasteiger partial charge in [0.1, 0.15) is 0 Å². The van der Waals surface area contributed by atoms with Crippen molar-refractivity contribution in [3.8, 4) is 0 Å². The molecule has 0 heterocycles. The number of hydrogen-bond donors (Lipinski definition) is 2. The lowest BCUT2D eigenvalue weighted by Crippen LogP contribution is -2.34. The molecular formula is C17H17N3O2S. The normalized spacial score (nSPS) is 10.5. The van der Waals surface area contributed by atoms with E-state index in [-0.39, 0.29) is 18.4 Å². The molecule has 23 heavy (non-hydrogen) atoms. The Balaban J connectivity index is 1.76. The molecule has 5 nitrogen and oxygen atoms in total. The van der Waals surface area contributed by atoms with E-state index in [0.717, 1.165) is 10.5 Å². The highest BCUT2D eigenvalue weighted by atomic mass is 32.2. The summed E-state index contributed by atoms with van der Waals surface area (Å²) >= 11 is 1.66. The van der Waals surface area contributed by atoms with E-state index >= 15 is 0 Å². The van der Waals surface area contributed by atoms with Gasteiger partial charge in [-0.25, -0.2) is 5.43 Å². The zero-order chi connectivity index (χ0) is 16.5. The summed E-state index contributed by atoms with van der Waals surface area (Å²) < 4.78 is 0. The number of amides is 2. The Morgan fingerprint density at radius 1 is 1.09 bits per heavy atom. The molecule has 0 saturated heterocycles. The third-order valence-corrected chi connectivity index (χ3v) is 3.71. The van der Waals surface area contributed by atoms with Gasteiger partial charge in [-0.2, -0.15) is 5.10 Å². The van der Waals surface area contributed by atoms with Crippen molar-refractivity contribution in [2.45, 2.75) is 4.90 Å². The standard InChI is InChI=1S/C17H17N3O2S/c1-23-15-9-7-13(8-10-15)11-19-20-16(21)12-18-17(22)14-5-3-2-4-6-14/h2-11H,12H2,1H3,(H,18,22)(H,20,21)/b19-11-. The molecular weight excluding hydrogens is 310 g/mol. The van der Waals surface area contributed by atoms with E-state index in [2.05, 4.69) is 15.8 Å².